The molecule has 0 aliphatic carbocycles. The van der Waals surface area contributed by atoms with Gasteiger partial charge in [-0.25, -0.2) is 0 Å². The lowest BCUT2D eigenvalue weighted by atomic mass is 9.94. The van der Waals surface area contributed by atoms with E-state index in [9.17, 15) is 19.8 Å². The lowest BCUT2D eigenvalue weighted by Crippen LogP contribution is -2.28. The van der Waals surface area contributed by atoms with Crippen LogP contribution >= 0.6 is 22.9 Å². The molecule has 2 heterocycles. The number of methoxy groups -OCH3 is 1. The zero-order valence-corrected chi connectivity index (χ0v) is 18.9. The Labute approximate surface area is 193 Å². The van der Waals surface area contributed by atoms with Gasteiger partial charge in [0.1, 0.15) is 17.3 Å². The number of halogens is 1. The van der Waals surface area contributed by atoms with Crippen molar-refractivity contribution >= 4 is 40.4 Å². The summed E-state index contributed by atoms with van der Waals surface area (Å²) in [6.07, 6.45) is 0. The summed E-state index contributed by atoms with van der Waals surface area (Å²) in [6, 6.07) is 12.5. The number of carbonyl (C=O) groups is 2. The van der Waals surface area contributed by atoms with Crippen LogP contribution in [0.3, 0.4) is 0 Å². The quantitative estimate of drug-likeness (QED) is 0.310. The van der Waals surface area contributed by atoms with Gasteiger partial charge in [-0.2, -0.15) is 0 Å². The van der Waals surface area contributed by atoms with Gasteiger partial charge in [0.25, 0.3) is 11.7 Å². The Balaban J connectivity index is 1.95. The molecule has 1 unspecified atom stereocenters. The first-order valence-corrected chi connectivity index (χ1v) is 11.0. The molecule has 32 heavy (non-hydrogen) atoms. The van der Waals surface area contributed by atoms with Crippen LogP contribution < -0.4 is 4.74 Å². The number of rotatable bonds is 5. The van der Waals surface area contributed by atoms with Gasteiger partial charge in [-0.05, 0) is 53.8 Å². The molecule has 164 valence electrons. The van der Waals surface area contributed by atoms with E-state index in [-0.39, 0.29) is 40.0 Å². The summed E-state index contributed by atoms with van der Waals surface area (Å²) in [5.41, 5.74) is 1.38. The maximum Gasteiger partial charge on any atom is 0.295 e. The SMILES string of the molecule is COc1c(Cl)cc(C)cc1/C(O)=C1\C(=O)C(=O)N(Cc2cccs2)C1c1cccc(O)c1. The predicted molar refractivity (Wildman–Crippen MR) is 123 cm³/mol. The van der Waals surface area contributed by atoms with Gasteiger partial charge >= 0.3 is 0 Å². The number of likely N-dealkylation sites (tertiary alicyclic amines) is 1. The van der Waals surface area contributed by atoms with Crippen molar-refractivity contribution < 1.29 is 24.5 Å². The fraction of sp³-hybridized carbons (Fsp3) is 0.167. The smallest absolute Gasteiger partial charge is 0.295 e. The average Bonchev–Trinajstić information content (AvgIpc) is 3.35. The third-order valence-electron chi connectivity index (χ3n) is 5.28. The number of amides is 1. The van der Waals surface area contributed by atoms with Crippen LogP contribution in [-0.4, -0.2) is 33.9 Å². The van der Waals surface area contributed by atoms with Crippen LogP contribution in [0.5, 0.6) is 11.5 Å². The van der Waals surface area contributed by atoms with E-state index in [1.165, 1.54) is 35.5 Å². The van der Waals surface area contributed by atoms with Crippen molar-refractivity contribution in [1.29, 1.82) is 0 Å². The molecule has 1 amide bonds. The third-order valence-corrected chi connectivity index (χ3v) is 6.42. The molecule has 1 aromatic heterocycles. The monoisotopic (exact) mass is 469 g/mol. The van der Waals surface area contributed by atoms with Crippen molar-refractivity contribution in [2.45, 2.75) is 19.5 Å². The number of aliphatic hydroxyl groups excluding tert-OH is 1. The lowest BCUT2D eigenvalue weighted by Gasteiger charge is -2.25. The van der Waals surface area contributed by atoms with Crippen LogP contribution in [0, 0.1) is 6.92 Å². The Morgan fingerprint density at radius 2 is 1.97 bits per heavy atom. The molecule has 3 aromatic rings. The highest BCUT2D eigenvalue weighted by atomic mass is 35.5. The first kappa shape index (κ1) is 21.9. The molecule has 0 radical (unpaired) electrons. The Kier molecular flexibility index (Phi) is 5.95. The second-order valence-corrected chi connectivity index (χ2v) is 8.87. The van der Waals surface area contributed by atoms with E-state index in [1.807, 2.05) is 17.5 Å². The number of thiophene rings is 1. The maximum absolute atomic E-state index is 13.2. The second kappa shape index (κ2) is 8.68. The first-order chi connectivity index (χ1) is 15.3. The van der Waals surface area contributed by atoms with Crippen LogP contribution in [0.25, 0.3) is 5.76 Å². The second-order valence-electron chi connectivity index (χ2n) is 7.43. The highest BCUT2D eigenvalue weighted by molar-refractivity contribution is 7.09. The number of nitrogens with zero attached hydrogens (tertiary/aromatic N) is 1. The van der Waals surface area contributed by atoms with Crippen LogP contribution in [0.15, 0.2) is 59.5 Å². The van der Waals surface area contributed by atoms with E-state index in [0.717, 1.165) is 10.4 Å². The summed E-state index contributed by atoms with van der Waals surface area (Å²) >= 11 is 7.75. The number of benzene rings is 2. The number of aliphatic hydroxyl groups is 1. The van der Waals surface area contributed by atoms with E-state index in [0.29, 0.717) is 5.56 Å². The Morgan fingerprint density at radius 3 is 2.62 bits per heavy atom. The molecule has 2 aromatic carbocycles. The number of aryl methyl sites for hydroxylation is 1. The molecule has 0 spiro atoms. The minimum Gasteiger partial charge on any atom is -0.508 e. The molecule has 8 heteroatoms. The standard InChI is InChI=1S/C24H20ClNO5S/c1-13-9-17(23(31-2)18(25)10-13)21(28)19-20(14-5-3-6-15(27)11-14)26(24(30)22(19)29)12-16-7-4-8-32-16/h3-11,20,27-28H,12H2,1-2H3/b21-19+. The highest BCUT2D eigenvalue weighted by Crippen LogP contribution is 2.43. The molecule has 2 N–H and O–H groups in total. The van der Waals surface area contributed by atoms with Gasteiger partial charge in [-0.1, -0.05) is 29.8 Å². The largest absolute Gasteiger partial charge is 0.508 e. The molecule has 4 rings (SSSR count). The predicted octanol–water partition coefficient (Wildman–Crippen LogP) is 5.05. The summed E-state index contributed by atoms with van der Waals surface area (Å²) in [6.45, 7) is 1.98. The van der Waals surface area contributed by atoms with Gasteiger partial charge in [0.05, 0.1) is 35.9 Å². The summed E-state index contributed by atoms with van der Waals surface area (Å²) in [5, 5.41) is 23.5. The Bertz CT molecular complexity index is 1240. The molecule has 1 aliphatic heterocycles. The van der Waals surface area contributed by atoms with Crippen molar-refractivity contribution in [1.82, 2.24) is 4.90 Å². The number of carbonyl (C=O) groups excluding carboxylic acids is 2. The van der Waals surface area contributed by atoms with Crippen molar-refractivity contribution in [2.75, 3.05) is 7.11 Å². The van der Waals surface area contributed by atoms with E-state index in [4.69, 9.17) is 16.3 Å². The fourth-order valence-electron chi connectivity index (χ4n) is 3.91. The number of hydrogen-bond donors (Lipinski definition) is 2. The van der Waals surface area contributed by atoms with Gasteiger partial charge in [0, 0.05) is 4.88 Å². The van der Waals surface area contributed by atoms with Gasteiger partial charge in [-0.15, -0.1) is 11.3 Å². The molecular formula is C24H20ClNO5S. The number of aromatic hydroxyl groups is 1. The fourth-order valence-corrected chi connectivity index (χ4v) is 4.97. The van der Waals surface area contributed by atoms with E-state index >= 15 is 0 Å². The first-order valence-electron chi connectivity index (χ1n) is 9.76. The summed E-state index contributed by atoms with van der Waals surface area (Å²) in [7, 11) is 1.41. The zero-order chi connectivity index (χ0) is 23.0. The molecule has 1 fully saturated rings. The van der Waals surface area contributed by atoms with E-state index in [2.05, 4.69) is 0 Å². The summed E-state index contributed by atoms with van der Waals surface area (Å²) < 4.78 is 5.37. The highest BCUT2D eigenvalue weighted by Gasteiger charge is 2.46. The van der Waals surface area contributed by atoms with Gasteiger partial charge in [0.2, 0.25) is 0 Å². The van der Waals surface area contributed by atoms with Gasteiger partial charge in [0.15, 0.2) is 0 Å². The minimum absolute atomic E-state index is 0.0135. The maximum atomic E-state index is 13.2. The number of ether oxygens (including phenoxy) is 1. The third kappa shape index (κ3) is 3.85. The number of Topliss-reactive ketones (excluding diaryl/α,β-unsaturated/α-hetero) is 1. The topological polar surface area (TPSA) is 87.1 Å². The van der Waals surface area contributed by atoms with Crippen LogP contribution in [0.1, 0.15) is 27.6 Å². The Hall–Kier alpha value is -3.29. The normalized spacial score (nSPS) is 17.7. The van der Waals surface area contributed by atoms with Crippen molar-refractivity contribution in [3.63, 3.8) is 0 Å². The zero-order valence-electron chi connectivity index (χ0n) is 17.3. The molecule has 1 atom stereocenters. The minimum atomic E-state index is -0.895. The summed E-state index contributed by atoms with van der Waals surface area (Å²) in [5.74, 6) is -1.74. The van der Waals surface area contributed by atoms with Crippen LogP contribution in [-0.2, 0) is 16.1 Å². The Morgan fingerprint density at radius 1 is 1.19 bits per heavy atom. The molecule has 0 saturated carbocycles. The number of hydrogen-bond acceptors (Lipinski definition) is 6. The van der Waals surface area contributed by atoms with Gasteiger partial charge in [-0.3, -0.25) is 9.59 Å². The number of phenols is 1. The average molecular weight is 470 g/mol. The van der Waals surface area contributed by atoms with Crippen molar-refractivity contribution in [2.24, 2.45) is 0 Å². The van der Waals surface area contributed by atoms with E-state index < -0.39 is 17.7 Å². The number of ketones is 1. The molecular weight excluding hydrogens is 450 g/mol. The van der Waals surface area contributed by atoms with Crippen molar-refractivity contribution in [3.05, 3.63) is 86.1 Å². The number of phenolic OH excluding ortho intramolecular Hbond substituents is 1. The molecule has 6 nitrogen and oxygen atoms in total. The lowest BCUT2D eigenvalue weighted by molar-refractivity contribution is -0.140. The van der Waals surface area contributed by atoms with Crippen LogP contribution in [0.2, 0.25) is 5.02 Å². The summed E-state index contributed by atoms with van der Waals surface area (Å²) in [4.78, 5) is 28.5. The van der Waals surface area contributed by atoms with Crippen LogP contribution in [0.4, 0.5) is 0 Å². The van der Waals surface area contributed by atoms with E-state index in [1.54, 1.807) is 31.2 Å². The molecule has 1 saturated heterocycles. The van der Waals surface area contributed by atoms with Crippen molar-refractivity contribution in [3.8, 4) is 11.5 Å². The molecule has 0 bridgehead atoms. The van der Waals surface area contributed by atoms with Gasteiger partial charge < -0.3 is 19.8 Å². The molecule has 1 aliphatic rings.